The summed E-state index contributed by atoms with van der Waals surface area (Å²) in [6, 6.07) is 0. The second-order valence-electron chi connectivity index (χ2n) is 5.06. The number of hydrogen-bond donors (Lipinski definition) is 0. The summed E-state index contributed by atoms with van der Waals surface area (Å²) in [4.78, 5) is 0. The lowest BCUT2D eigenvalue weighted by molar-refractivity contribution is 0.0742. The fourth-order valence-corrected chi connectivity index (χ4v) is 1.71. The summed E-state index contributed by atoms with van der Waals surface area (Å²) in [5.41, 5.74) is 0.425. The van der Waals surface area contributed by atoms with Crippen molar-refractivity contribution >= 4 is 0 Å². The van der Waals surface area contributed by atoms with Crippen LogP contribution < -0.4 is 0 Å². The molecule has 0 aliphatic carbocycles. The molecule has 0 amide bonds. The Morgan fingerprint density at radius 1 is 1.36 bits per heavy atom. The lowest BCUT2D eigenvalue weighted by Gasteiger charge is -2.22. The zero-order valence-electron chi connectivity index (χ0n) is 8.18. The molecule has 0 saturated carbocycles. The summed E-state index contributed by atoms with van der Waals surface area (Å²) in [7, 11) is 0. The van der Waals surface area contributed by atoms with Crippen LogP contribution in [0.5, 0.6) is 0 Å². The van der Waals surface area contributed by atoms with Gasteiger partial charge in [0.15, 0.2) is 0 Å². The third kappa shape index (κ3) is 3.24. The largest absolute Gasteiger partial charge is 0.378 e. The van der Waals surface area contributed by atoms with Crippen molar-refractivity contribution in [2.75, 3.05) is 6.61 Å². The van der Waals surface area contributed by atoms with Gasteiger partial charge in [-0.1, -0.05) is 27.7 Å². The summed E-state index contributed by atoms with van der Waals surface area (Å²) in [6.45, 7) is 10.1. The van der Waals surface area contributed by atoms with E-state index in [1.807, 2.05) is 0 Å². The van der Waals surface area contributed by atoms with Gasteiger partial charge < -0.3 is 4.74 Å². The first kappa shape index (κ1) is 9.05. The molecule has 66 valence electrons. The Balaban J connectivity index is 2.29. The van der Waals surface area contributed by atoms with Gasteiger partial charge in [0.05, 0.1) is 6.10 Å². The van der Waals surface area contributed by atoms with E-state index < -0.39 is 0 Å². The summed E-state index contributed by atoms with van der Waals surface area (Å²) in [5.74, 6) is 0.780. The summed E-state index contributed by atoms with van der Waals surface area (Å²) < 4.78 is 5.64. The molecule has 1 fully saturated rings. The Bertz CT molecular complexity index is 123. The Kier molecular flexibility index (Phi) is 2.58. The van der Waals surface area contributed by atoms with Crippen molar-refractivity contribution in [2.45, 2.75) is 46.6 Å². The normalized spacial score (nSPS) is 32.7. The molecule has 11 heavy (non-hydrogen) atoms. The SMILES string of the molecule is C[C@@H]1CO[C@@H](CC(C)(C)C)C1. The monoisotopic (exact) mass is 156 g/mol. The summed E-state index contributed by atoms with van der Waals surface area (Å²) in [6.07, 6.45) is 3.00. The van der Waals surface area contributed by atoms with Gasteiger partial charge in [0.1, 0.15) is 0 Å². The zero-order valence-corrected chi connectivity index (χ0v) is 8.18. The minimum Gasteiger partial charge on any atom is -0.378 e. The molecular weight excluding hydrogens is 136 g/mol. The number of ether oxygens (including phenoxy) is 1. The molecule has 0 radical (unpaired) electrons. The molecule has 1 rings (SSSR count). The molecule has 0 unspecified atom stereocenters. The molecule has 0 aromatic rings. The standard InChI is InChI=1S/C10H20O/c1-8-5-9(11-7-8)6-10(2,3)4/h8-9H,5-7H2,1-4H3/t8-,9+/m0/s1. The maximum atomic E-state index is 5.64. The Labute approximate surface area is 70.1 Å². The van der Waals surface area contributed by atoms with Crippen LogP contribution in [0.2, 0.25) is 0 Å². The van der Waals surface area contributed by atoms with Crippen LogP contribution in [0.3, 0.4) is 0 Å². The smallest absolute Gasteiger partial charge is 0.0583 e. The second-order valence-corrected chi connectivity index (χ2v) is 5.06. The summed E-state index contributed by atoms with van der Waals surface area (Å²) in [5, 5.41) is 0. The van der Waals surface area contributed by atoms with Gasteiger partial charge in [-0.3, -0.25) is 0 Å². The van der Waals surface area contributed by atoms with Gasteiger partial charge in [0, 0.05) is 6.61 Å². The van der Waals surface area contributed by atoms with Crippen molar-refractivity contribution in [1.82, 2.24) is 0 Å². The molecule has 0 bridgehead atoms. The molecule has 2 atom stereocenters. The van der Waals surface area contributed by atoms with E-state index in [1.54, 1.807) is 0 Å². The third-order valence-corrected chi connectivity index (χ3v) is 2.12. The topological polar surface area (TPSA) is 9.23 Å². The predicted molar refractivity (Wildman–Crippen MR) is 47.6 cm³/mol. The van der Waals surface area contributed by atoms with Gasteiger partial charge in [-0.2, -0.15) is 0 Å². The second kappa shape index (κ2) is 3.14. The van der Waals surface area contributed by atoms with E-state index in [0.29, 0.717) is 11.5 Å². The Morgan fingerprint density at radius 2 is 2.00 bits per heavy atom. The van der Waals surface area contributed by atoms with Gasteiger partial charge in [-0.25, -0.2) is 0 Å². The minimum absolute atomic E-state index is 0.425. The van der Waals surface area contributed by atoms with E-state index in [4.69, 9.17) is 4.74 Å². The number of hydrogen-bond acceptors (Lipinski definition) is 1. The van der Waals surface area contributed by atoms with E-state index in [9.17, 15) is 0 Å². The highest BCUT2D eigenvalue weighted by Crippen LogP contribution is 2.29. The average molecular weight is 156 g/mol. The number of rotatable bonds is 1. The third-order valence-electron chi connectivity index (χ3n) is 2.12. The molecular formula is C10H20O. The summed E-state index contributed by atoms with van der Waals surface area (Å²) >= 11 is 0. The van der Waals surface area contributed by atoms with Crippen LogP contribution in [0, 0.1) is 11.3 Å². The van der Waals surface area contributed by atoms with Gasteiger partial charge >= 0.3 is 0 Å². The maximum absolute atomic E-state index is 5.64. The fraction of sp³-hybridized carbons (Fsp3) is 1.00. The molecule has 1 saturated heterocycles. The van der Waals surface area contributed by atoms with Crippen molar-refractivity contribution in [3.63, 3.8) is 0 Å². The van der Waals surface area contributed by atoms with Crippen molar-refractivity contribution < 1.29 is 4.74 Å². The molecule has 1 aliphatic heterocycles. The highest BCUT2D eigenvalue weighted by molar-refractivity contribution is 4.75. The first-order valence-corrected chi connectivity index (χ1v) is 4.59. The van der Waals surface area contributed by atoms with Crippen molar-refractivity contribution in [3.8, 4) is 0 Å². The van der Waals surface area contributed by atoms with E-state index in [0.717, 1.165) is 12.5 Å². The van der Waals surface area contributed by atoms with E-state index in [1.165, 1.54) is 12.8 Å². The van der Waals surface area contributed by atoms with E-state index in [2.05, 4.69) is 27.7 Å². The van der Waals surface area contributed by atoms with Crippen LogP contribution in [0.15, 0.2) is 0 Å². The lowest BCUT2D eigenvalue weighted by Crippen LogP contribution is -2.16. The molecule has 1 heterocycles. The van der Waals surface area contributed by atoms with Gasteiger partial charge in [-0.05, 0) is 24.2 Å². The highest BCUT2D eigenvalue weighted by Gasteiger charge is 2.26. The minimum atomic E-state index is 0.425. The van der Waals surface area contributed by atoms with E-state index in [-0.39, 0.29) is 0 Å². The average Bonchev–Trinajstić information content (AvgIpc) is 2.10. The molecule has 0 aromatic heterocycles. The van der Waals surface area contributed by atoms with Crippen LogP contribution in [-0.4, -0.2) is 12.7 Å². The van der Waals surface area contributed by atoms with E-state index >= 15 is 0 Å². The molecule has 1 heteroatoms. The predicted octanol–water partition coefficient (Wildman–Crippen LogP) is 2.85. The van der Waals surface area contributed by atoms with Crippen LogP contribution in [0.25, 0.3) is 0 Å². The van der Waals surface area contributed by atoms with Crippen LogP contribution in [-0.2, 0) is 4.74 Å². The molecule has 1 nitrogen and oxygen atoms in total. The van der Waals surface area contributed by atoms with Crippen LogP contribution in [0.1, 0.15) is 40.5 Å². The molecule has 0 N–H and O–H groups in total. The van der Waals surface area contributed by atoms with Crippen LogP contribution in [0.4, 0.5) is 0 Å². The van der Waals surface area contributed by atoms with Crippen molar-refractivity contribution in [1.29, 1.82) is 0 Å². The Hall–Kier alpha value is -0.0400. The lowest BCUT2D eigenvalue weighted by atomic mass is 9.87. The van der Waals surface area contributed by atoms with Gasteiger partial charge in [0.25, 0.3) is 0 Å². The van der Waals surface area contributed by atoms with Crippen molar-refractivity contribution in [3.05, 3.63) is 0 Å². The molecule has 0 aromatic carbocycles. The quantitative estimate of drug-likeness (QED) is 0.567. The van der Waals surface area contributed by atoms with Crippen LogP contribution >= 0.6 is 0 Å². The van der Waals surface area contributed by atoms with Gasteiger partial charge in [0.2, 0.25) is 0 Å². The Morgan fingerprint density at radius 3 is 2.36 bits per heavy atom. The van der Waals surface area contributed by atoms with Crippen molar-refractivity contribution in [2.24, 2.45) is 11.3 Å². The maximum Gasteiger partial charge on any atom is 0.0583 e. The molecule has 0 spiro atoms. The van der Waals surface area contributed by atoms with Gasteiger partial charge in [-0.15, -0.1) is 0 Å². The fourth-order valence-electron chi connectivity index (χ4n) is 1.71. The zero-order chi connectivity index (χ0) is 8.48. The first-order chi connectivity index (χ1) is 4.97. The molecule has 1 aliphatic rings. The highest BCUT2D eigenvalue weighted by atomic mass is 16.5. The first-order valence-electron chi connectivity index (χ1n) is 4.59.